The third kappa shape index (κ3) is 3.04. The first-order valence-electron chi connectivity index (χ1n) is 9.04. The van der Waals surface area contributed by atoms with Gasteiger partial charge in [-0.2, -0.15) is 0 Å². The summed E-state index contributed by atoms with van der Waals surface area (Å²) in [5, 5.41) is 3.63. The molecule has 0 saturated heterocycles. The van der Waals surface area contributed by atoms with Crippen LogP contribution in [0.2, 0.25) is 0 Å². The molecule has 0 fully saturated rings. The van der Waals surface area contributed by atoms with E-state index in [0.717, 1.165) is 15.6 Å². The number of carbonyl (C=O) groups is 1. The lowest BCUT2D eigenvalue weighted by Crippen LogP contribution is -2.06. The maximum Gasteiger partial charge on any atom is 0.308 e. The van der Waals surface area contributed by atoms with Crippen LogP contribution in [0.5, 0.6) is 5.75 Å². The summed E-state index contributed by atoms with van der Waals surface area (Å²) < 4.78 is 7.71. The van der Waals surface area contributed by atoms with Crippen molar-refractivity contribution in [2.45, 2.75) is 27.3 Å². The molecule has 142 valence electrons. The number of benzene rings is 3. The van der Waals surface area contributed by atoms with E-state index in [9.17, 15) is 4.79 Å². The molecule has 0 aliphatic carbocycles. The number of ether oxygens (including phenoxy) is 1. The number of halogens is 1. The summed E-state index contributed by atoms with van der Waals surface area (Å²) in [5.74, 6) is 0.179. The van der Waals surface area contributed by atoms with Crippen LogP contribution in [0.4, 0.5) is 0 Å². The zero-order valence-corrected chi connectivity index (χ0v) is 18.3. The van der Waals surface area contributed by atoms with Gasteiger partial charge in [0.25, 0.3) is 0 Å². The van der Waals surface area contributed by atoms with Crippen LogP contribution in [0.15, 0.2) is 46.9 Å². The van der Waals surface area contributed by atoms with E-state index in [4.69, 9.17) is 10.5 Å². The Kier molecular flexibility index (Phi) is 5.00. The predicted molar refractivity (Wildman–Crippen MR) is 121 cm³/mol. The van der Waals surface area contributed by atoms with Gasteiger partial charge in [-0.3, -0.25) is 4.79 Å². The second-order valence-electron chi connectivity index (χ2n) is 6.84. The van der Waals surface area contributed by atoms with Crippen LogP contribution in [-0.2, 0) is 11.3 Å². The molecule has 0 aliphatic heterocycles. The molecule has 0 atom stereocenters. The third-order valence-electron chi connectivity index (χ3n) is 5.09. The van der Waals surface area contributed by atoms with Crippen molar-refractivity contribution in [2.24, 2.45) is 5.73 Å². The Balaban J connectivity index is 2.10. The summed E-state index contributed by atoms with van der Waals surface area (Å²) in [6.45, 7) is 6.04. The van der Waals surface area contributed by atoms with Crippen molar-refractivity contribution in [1.29, 1.82) is 0 Å². The molecule has 1 aromatic heterocycles. The molecule has 2 N–H and O–H groups in total. The Morgan fingerprint density at radius 1 is 1.14 bits per heavy atom. The number of fused-ring (bicyclic) bond motifs is 2. The fourth-order valence-electron chi connectivity index (χ4n) is 3.68. The van der Waals surface area contributed by atoms with Gasteiger partial charge in [-0.15, -0.1) is 11.3 Å². The van der Waals surface area contributed by atoms with Crippen LogP contribution in [0.25, 0.3) is 32.0 Å². The Hall–Kier alpha value is -2.21. The molecule has 0 unspecified atom stereocenters. The van der Waals surface area contributed by atoms with Gasteiger partial charge in [0, 0.05) is 33.8 Å². The first-order chi connectivity index (χ1) is 13.4. The molecular weight excluding hydrogens is 434 g/mol. The summed E-state index contributed by atoms with van der Waals surface area (Å²) in [6, 6.07) is 14.3. The van der Waals surface area contributed by atoms with Crippen molar-refractivity contribution >= 4 is 54.1 Å². The van der Waals surface area contributed by atoms with Crippen molar-refractivity contribution < 1.29 is 9.53 Å². The summed E-state index contributed by atoms with van der Waals surface area (Å²) in [7, 11) is 0. The van der Waals surface area contributed by atoms with Crippen molar-refractivity contribution in [1.82, 2.24) is 0 Å². The Morgan fingerprint density at radius 3 is 2.54 bits per heavy atom. The maximum atomic E-state index is 11.4. The normalized spacial score (nSPS) is 11.3. The van der Waals surface area contributed by atoms with Gasteiger partial charge in [0.05, 0.1) is 4.70 Å². The number of aryl methyl sites for hydroxylation is 2. The molecule has 0 amide bonds. The van der Waals surface area contributed by atoms with Crippen molar-refractivity contribution in [3.63, 3.8) is 0 Å². The first kappa shape index (κ1) is 19.1. The third-order valence-corrected chi connectivity index (χ3v) is 7.40. The van der Waals surface area contributed by atoms with Crippen LogP contribution in [0, 0.1) is 13.8 Å². The van der Waals surface area contributed by atoms with Gasteiger partial charge in [-0.1, -0.05) is 30.3 Å². The van der Waals surface area contributed by atoms with Gasteiger partial charge in [0.2, 0.25) is 0 Å². The summed E-state index contributed by atoms with van der Waals surface area (Å²) in [4.78, 5) is 12.7. The number of esters is 1. The number of nitrogens with two attached hydrogens (primary N) is 1. The molecule has 0 radical (unpaired) electrons. The van der Waals surface area contributed by atoms with Gasteiger partial charge in [0.1, 0.15) is 5.75 Å². The number of thiophene rings is 1. The molecule has 3 aromatic carbocycles. The van der Waals surface area contributed by atoms with E-state index in [2.05, 4.69) is 54.0 Å². The SMILES string of the molecule is CC(=O)Oc1ccc(-c2c3ccccc3c(Br)c3sc(C)c(C)c23)cc1CN. The van der Waals surface area contributed by atoms with Crippen molar-refractivity contribution in [3.05, 3.63) is 62.9 Å². The molecule has 1 heterocycles. The molecule has 3 nitrogen and oxygen atoms in total. The minimum absolute atomic E-state index is 0.301. The molecule has 5 heteroatoms. The van der Waals surface area contributed by atoms with Crippen molar-refractivity contribution in [3.8, 4) is 16.9 Å². The smallest absolute Gasteiger partial charge is 0.308 e. The molecular formula is C23H20BrNO2S. The average molecular weight is 454 g/mol. The van der Waals surface area contributed by atoms with Crippen molar-refractivity contribution in [2.75, 3.05) is 0 Å². The Bertz CT molecular complexity index is 1240. The van der Waals surface area contributed by atoms with E-state index in [1.165, 1.54) is 43.8 Å². The lowest BCUT2D eigenvalue weighted by Gasteiger charge is -2.15. The van der Waals surface area contributed by atoms with E-state index >= 15 is 0 Å². The second kappa shape index (κ2) is 7.32. The lowest BCUT2D eigenvalue weighted by molar-refractivity contribution is -0.131. The predicted octanol–water partition coefficient (Wildman–Crippen LogP) is 6.48. The minimum atomic E-state index is -0.344. The highest BCUT2D eigenvalue weighted by atomic mass is 79.9. The van der Waals surface area contributed by atoms with Crippen LogP contribution in [0.1, 0.15) is 22.9 Å². The molecule has 0 saturated carbocycles. The van der Waals surface area contributed by atoms with E-state index in [1.54, 1.807) is 0 Å². The van der Waals surface area contributed by atoms with E-state index < -0.39 is 0 Å². The molecule has 0 aliphatic rings. The van der Waals surface area contributed by atoms with Crippen LogP contribution < -0.4 is 10.5 Å². The number of rotatable bonds is 3. The summed E-state index contributed by atoms with van der Waals surface area (Å²) in [6.07, 6.45) is 0. The summed E-state index contributed by atoms with van der Waals surface area (Å²) >= 11 is 5.65. The fourth-order valence-corrected chi connectivity index (χ4v) is 5.59. The van der Waals surface area contributed by atoms with Gasteiger partial charge >= 0.3 is 5.97 Å². The molecule has 4 aromatic rings. The minimum Gasteiger partial charge on any atom is -0.426 e. The number of hydrogen-bond donors (Lipinski definition) is 1. The quantitative estimate of drug-likeness (QED) is 0.285. The highest BCUT2D eigenvalue weighted by Gasteiger charge is 2.19. The fraction of sp³-hybridized carbons (Fsp3) is 0.174. The first-order valence-corrected chi connectivity index (χ1v) is 10.6. The second-order valence-corrected chi connectivity index (χ2v) is 8.86. The average Bonchev–Trinajstić information content (AvgIpc) is 2.98. The molecule has 0 spiro atoms. The van der Waals surface area contributed by atoms with Gasteiger partial charge < -0.3 is 10.5 Å². The maximum absolute atomic E-state index is 11.4. The Labute approximate surface area is 176 Å². The number of hydrogen-bond acceptors (Lipinski definition) is 4. The summed E-state index contributed by atoms with van der Waals surface area (Å²) in [5.41, 5.74) is 10.3. The van der Waals surface area contributed by atoms with Gasteiger partial charge in [-0.05, 0) is 69.4 Å². The van der Waals surface area contributed by atoms with Gasteiger partial charge in [-0.25, -0.2) is 0 Å². The van der Waals surface area contributed by atoms with E-state index in [0.29, 0.717) is 12.3 Å². The topological polar surface area (TPSA) is 52.3 Å². The monoisotopic (exact) mass is 453 g/mol. The Morgan fingerprint density at radius 2 is 1.86 bits per heavy atom. The zero-order valence-electron chi connectivity index (χ0n) is 15.9. The number of carbonyl (C=O) groups excluding carboxylic acids is 1. The zero-order chi connectivity index (χ0) is 20.0. The highest BCUT2D eigenvalue weighted by Crippen LogP contribution is 2.47. The molecule has 28 heavy (non-hydrogen) atoms. The van der Waals surface area contributed by atoms with E-state index in [-0.39, 0.29) is 5.97 Å². The standard InChI is InChI=1S/C23H20BrNO2S/c1-12-13(2)28-23-20(12)21(17-6-4-5-7-18(17)22(23)24)15-8-9-19(27-14(3)26)16(10-15)11-25/h4-10H,11,25H2,1-3H3. The molecule has 0 bridgehead atoms. The van der Waals surface area contributed by atoms with Crippen LogP contribution in [-0.4, -0.2) is 5.97 Å². The van der Waals surface area contributed by atoms with E-state index in [1.807, 2.05) is 29.5 Å². The van der Waals surface area contributed by atoms with Crippen LogP contribution in [0.3, 0.4) is 0 Å². The van der Waals surface area contributed by atoms with Gasteiger partial charge in [0.15, 0.2) is 0 Å². The largest absolute Gasteiger partial charge is 0.426 e. The highest BCUT2D eigenvalue weighted by molar-refractivity contribution is 9.11. The molecule has 4 rings (SSSR count). The van der Waals surface area contributed by atoms with Crippen LogP contribution >= 0.6 is 27.3 Å². The lowest BCUT2D eigenvalue weighted by atomic mass is 9.92.